The number of carboxylic acid groups (broad SMARTS) is 1. The van der Waals surface area contributed by atoms with E-state index in [4.69, 9.17) is 10.8 Å². The summed E-state index contributed by atoms with van der Waals surface area (Å²) in [6, 6.07) is 3.59. The van der Waals surface area contributed by atoms with E-state index in [1.54, 1.807) is 26.1 Å². The lowest BCUT2D eigenvalue weighted by Crippen LogP contribution is -2.34. The number of nitrogens with one attached hydrogen (secondary N) is 1. The average Bonchev–Trinajstić information content (AvgIpc) is 2.29. The van der Waals surface area contributed by atoms with Crippen LogP contribution in [-0.4, -0.2) is 24.2 Å². The Balaban J connectivity index is 2.86. The molecule has 0 aliphatic rings. The second-order valence-corrected chi connectivity index (χ2v) is 4.03. The molecule has 0 fully saturated rings. The van der Waals surface area contributed by atoms with E-state index >= 15 is 0 Å². The van der Waals surface area contributed by atoms with Gasteiger partial charge in [-0.25, -0.2) is 4.39 Å². The Morgan fingerprint density at radius 2 is 2.24 bits per heavy atom. The molecule has 1 aromatic carbocycles. The first-order valence-corrected chi connectivity index (χ1v) is 5.37. The number of aryl methyl sites for hydroxylation is 1. The van der Waals surface area contributed by atoms with Gasteiger partial charge in [-0.15, -0.1) is 0 Å². The Kier molecular flexibility index (Phi) is 4.60. The van der Waals surface area contributed by atoms with Gasteiger partial charge in [-0.2, -0.15) is 0 Å². The summed E-state index contributed by atoms with van der Waals surface area (Å²) in [5.74, 6) is -1.31. The van der Waals surface area contributed by atoms with Crippen LogP contribution >= 0.6 is 0 Å². The molecule has 0 bridgehead atoms. The highest BCUT2D eigenvalue weighted by Gasteiger charge is 2.19. The topological polar surface area (TPSA) is 75.3 Å². The second-order valence-electron chi connectivity index (χ2n) is 4.03. The molecule has 0 radical (unpaired) electrons. The number of nitrogens with two attached hydrogens (primary N) is 1. The molecule has 5 heteroatoms. The first-order valence-electron chi connectivity index (χ1n) is 5.37. The van der Waals surface area contributed by atoms with Crippen molar-refractivity contribution in [1.29, 1.82) is 0 Å². The number of carbonyl (C=O) groups is 1. The molecule has 1 rings (SSSR count). The van der Waals surface area contributed by atoms with Gasteiger partial charge in [-0.3, -0.25) is 4.79 Å². The Labute approximate surface area is 99.6 Å². The van der Waals surface area contributed by atoms with Gasteiger partial charge in [0.25, 0.3) is 0 Å². The number of aliphatic carboxylic acids is 1. The largest absolute Gasteiger partial charge is 0.480 e. The molecule has 94 valence electrons. The van der Waals surface area contributed by atoms with Gasteiger partial charge >= 0.3 is 5.97 Å². The van der Waals surface area contributed by atoms with E-state index in [0.29, 0.717) is 5.56 Å². The smallest absolute Gasteiger partial charge is 0.320 e. The normalized spacial score (nSPS) is 14.4. The molecule has 0 spiro atoms. The molecule has 1 aromatic rings. The van der Waals surface area contributed by atoms with E-state index in [0.717, 1.165) is 5.56 Å². The van der Waals surface area contributed by atoms with Crippen LogP contribution < -0.4 is 11.1 Å². The lowest BCUT2D eigenvalue weighted by atomic mass is 9.98. The Morgan fingerprint density at radius 1 is 1.59 bits per heavy atom. The van der Waals surface area contributed by atoms with Crippen LogP contribution in [0.15, 0.2) is 18.2 Å². The lowest BCUT2D eigenvalue weighted by molar-refractivity contribution is -0.138. The van der Waals surface area contributed by atoms with E-state index in [1.807, 2.05) is 0 Å². The minimum Gasteiger partial charge on any atom is -0.480 e. The number of rotatable bonds is 5. The molecule has 4 nitrogen and oxygen atoms in total. The van der Waals surface area contributed by atoms with Gasteiger partial charge in [-0.05, 0) is 37.6 Å². The van der Waals surface area contributed by atoms with Crippen LogP contribution in [0.2, 0.25) is 0 Å². The van der Waals surface area contributed by atoms with Gasteiger partial charge in [0.1, 0.15) is 11.9 Å². The van der Waals surface area contributed by atoms with Gasteiger partial charge in [0.15, 0.2) is 0 Å². The molecule has 0 aromatic heterocycles. The first kappa shape index (κ1) is 13.6. The zero-order valence-electron chi connectivity index (χ0n) is 9.90. The number of carboxylic acids is 1. The Morgan fingerprint density at radius 3 is 2.71 bits per heavy atom. The zero-order chi connectivity index (χ0) is 13.0. The maximum absolute atomic E-state index is 13.1. The zero-order valence-corrected chi connectivity index (χ0v) is 9.90. The minimum atomic E-state index is -1.04. The summed E-state index contributed by atoms with van der Waals surface area (Å²) in [5, 5.41) is 11.7. The molecule has 0 saturated carbocycles. The Hall–Kier alpha value is -1.46. The first-order chi connectivity index (χ1) is 7.95. The molecule has 0 aliphatic heterocycles. The number of halogens is 1. The summed E-state index contributed by atoms with van der Waals surface area (Å²) in [6.45, 7) is 1.67. The van der Waals surface area contributed by atoms with Crippen LogP contribution in [0, 0.1) is 12.7 Å². The third kappa shape index (κ3) is 3.51. The molecule has 0 saturated heterocycles. The van der Waals surface area contributed by atoms with E-state index in [2.05, 4.69) is 5.32 Å². The molecule has 2 atom stereocenters. The van der Waals surface area contributed by atoms with Crippen LogP contribution in [0.3, 0.4) is 0 Å². The third-order valence-electron chi connectivity index (χ3n) is 2.74. The van der Waals surface area contributed by atoms with E-state index in [1.165, 1.54) is 6.07 Å². The Bertz CT molecular complexity index is 409. The maximum atomic E-state index is 13.1. The third-order valence-corrected chi connectivity index (χ3v) is 2.74. The fourth-order valence-corrected chi connectivity index (χ4v) is 1.66. The maximum Gasteiger partial charge on any atom is 0.320 e. The quantitative estimate of drug-likeness (QED) is 0.722. The SMILES string of the molecule is CNC(CC(N)C(=O)O)c1ccc(F)c(C)c1. The molecule has 0 heterocycles. The summed E-state index contributed by atoms with van der Waals surface area (Å²) in [4.78, 5) is 10.7. The summed E-state index contributed by atoms with van der Waals surface area (Å²) >= 11 is 0. The van der Waals surface area contributed by atoms with Crippen LogP contribution in [0.5, 0.6) is 0 Å². The second kappa shape index (κ2) is 5.75. The van der Waals surface area contributed by atoms with Crippen molar-refractivity contribution in [2.75, 3.05) is 7.05 Å². The minimum absolute atomic E-state index is 0.194. The van der Waals surface area contributed by atoms with Crippen molar-refractivity contribution in [2.24, 2.45) is 5.73 Å². The van der Waals surface area contributed by atoms with Gasteiger partial charge < -0.3 is 16.2 Å². The summed E-state index contributed by atoms with van der Waals surface area (Å²) in [7, 11) is 1.72. The summed E-state index contributed by atoms with van der Waals surface area (Å²) in [5.41, 5.74) is 6.85. The molecular weight excluding hydrogens is 223 g/mol. The molecule has 0 amide bonds. The van der Waals surface area contributed by atoms with Gasteiger partial charge in [0.2, 0.25) is 0 Å². The van der Waals surface area contributed by atoms with Crippen molar-refractivity contribution in [3.63, 3.8) is 0 Å². The van der Waals surface area contributed by atoms with E-state index in [9.17, 15) is 9.18 Å². The summed E-state index contributed by atoms with van der Waals surface area (Å²) < 4.78 is 13.1. The van der Waals surface area contributed by atoms with Crippen molar-refractivity contribution in [3.8, 4) is 0 Å². The standard InChI is InChI=1S/C12H17FN2O2/c1-7-5-8(3-4-9(7)13)11(15-2)6-10(14)12(16)17/h3-5,10-11,15H,6,14H2,1-2H3,(H,16,17). The van der Waals surface area contributed by atoms with Crippen molar-refractivity contribution in [3.05, 3.63) is 35.1 Å². The van der Waals surface area contributed by atoms with Gasteiger partial charge in [-0.1, -0.05) is 12.1 Å². The average molecular weight is 240 g/mol. The highest BCUT2D eigenvalue weighted by Crippen LogP contribution is 2.20. The molecule has 2 unspecified atom stereocenters. The predicted octanol–water partition coefficient (Wildman–Crippen LogP) is 1.20. The van der Waals surface area contributed by atoms with Crippen LogP contribution in [0.25, 0.3) is 0 Å². The lowest BCUT2D eigenvalue weighted by Gasteiger charge is -2.19. The predicted molar refractivity (Wildman–Crippen MR) is 63.2 cm³/mol. The fraction of sp³-hybridized carbons (Fsp3) is 0.417. The number of hydrogen-bond donors (Lipinski definition) is 3. The van der Waals surface area contributed by atoms with Crippen molar-refractivity contribution in [2.45, 2.75) is 25.4 Å². The number of hydrogen-bond acceptors (Lipinski definition) is 3. The number of benzene rings is 1. The van der Waals surface area contributed by atoms with Crippen molar-refractivity contribution in [1.82, 2.24) is 5.32 Å². The molecule has 4 N–H and O–H groups in total. The van der Waals surface area contributed by atoms with Crippen molar-refractivity contribution >= 4 is 5.97 Å². The summed E-state index contributed by atoms with van der Waals surface area (Å²) in [6.07, 6.45) is 0.261. The van der Waals surface area contributed by atoms with Gasteiger partial charge in [0, 0.05) is 6.04 Å². The fourth-order valence-electron chi connectivity index (χ4n) is 1.66. The molecule has 17 heavy (non-hydrogen) atoms. The highest BCUT2D eigenvalue weighted by molar-refractivity contribution is 5.73. The van der Waals surface area contributed by atoms with E-state index < -0.39 is 12.0 Å². The highest BCUT2D eigenvalue weighted by atomic mass is 19.1. The monoisotopic (exact) mass is 240 g/mol. The van der Waals surface area contributed by atoms with Crippen LogP contribution in [-0.2, 0) is 4.79 Å². The van der Waals surface area contributed by atoms with Crippen LogP contribution in [0.1, 0.15) is 23.6 Å². The van der Waals surface area contributed by atoms with E-state index in [-0.39, 0.29) is 18.3 Å². The van der Waals surface area contributed by atoms with Gasteiger partial charge in [0.05, 0.1) is 0 Å². The van der Waals surface area contributed by atoms with Crippen LogP contribution in [0.4, 0.5) is 4.39 Å². The molecular formula is C12H17FN2O2. The van der Waals surface area contributed by atoms with Crippen molar-refractivity contribution < 1.29 is 14.3 Å². The molecule has 0 aliphatic carbocycles.